The van der Waals surface area contributed by atoms with Crippen molar-refractivity contribution >= 4 is 11.8 Å². The number of nitrogens with one attached hydrogen (secondary N) is 2. The SMILES string of the molecule is O=C(C[C@@H]1C=C[C@H](NC(=O)C2CCOCC2)[C@H](CO)O1)NCC1CCCCC1. The lowest BCUT2D eigenvalue weighted by atomic mass is 9.89. The highest BCUT2D eigenvalue weighted by Gasteiger charge is 2.31. The largest absolute Gasteiger partial charge is 0.394 e. The molecule has 3 aliphatic rings. The van der Waals surface area contributed by atoms with E-state index < -0.39 is 6.10 Å². The second-order valence-corrected chi connectivity index (χ2v) is 8.21. The van der Waals surface area contributed by atoms with Gasteiger partial charge in [0.1, 0.15) is 6.10 Å². The Morgan fingerprint density at radius 2 is 1.79 bits per heavy atom. The van der Waals surface area contributed by atoms with Gasteiger partial charge in [-0.2, -0.15) is 0 Å². The summed E-state index contributed by atoms with van der Waals surface area (Å²) in [5.74, 6) is 0.491. The first-order valence-electron chi connectivity index (χ1n) is 10.7. The molecule has 2 heterocycles. The number of carbonyl (C=O) groups is 2. The van der Waals surface area contributed by atoms with Gasteiger partial charge in [-0.1, -0.05) is 31.4 Å². The molecular formula is C21H34N2O5. The fraction of sp³-hybridized carbons (Fsp3) is 0.810. The second kappa shape index (κ2) is 10.9. The third-order valence-corrected chi connectivity index (χ3v) is 6.06. The molecule has 1 aliphatic carbocycles. The number of aliphatic hydroxyl groups excluding tert-OH is 1. The van der Waals surface area contributed by atoms with Crippen molar-refractivity contribution < 1.29 is 24.2 Å². The standard InChI is InChI=1S/C21H34N2O5/c24-14-19-18(23-21(26)16-8-10-27-11-9-16)7-6-17(28-19)12-20(25)22-13-15-4-2-1-3-5-15/h6-7,15-19,24H,1-5,8-14H2,(H,22,25)(H,23,26)/t17-,18-,19-/m0/s1. The van der Waals surface area contributed by atoms with Crippen molar-refractivity contribution in [1.82, 2.24) is 10.6 Å². The fourth-order valence-corrected chi connectivity index (χ4v) is 4.28. The third-order valence-electron chi connectivity index (χ3n) is 6.06. The smallest absolute Gasteiger partial charge is 0.223 e. The molecule has 2 fully saturated rings. The normalized spacial score (nSPS) is 29.4. The average Bonchev–Trinajstić information content (AvgIpc) is 2.74. The van der Waals surface area contributed by atoms with E-state index in [-0.39, 0.29) is 42.9 Å². The Morgan fingerprint density at radius 3 is 2.50 bits per heavy atom. The van der Waals surface area contributed by atoms with Gasteiger partial charge in [-0.25, -0.2) is 0 Å². The van der Waals surface area contributed by atoms with Crippen molar-refractivity contribution in [2.45, 2.75) is 69.6 Å². The number of hydrogen-bond acceptors (Lipinski definition) is 5. The third kappa shape index (κ3) is 6.29. The summed E-state index contributed by atoms with van der Waals surface area (Å²) in [6, 6.07) is -0.373. The Morgan fingerprint density at radius 1 is 1.04 bits per heavy atom. The number of carbonyl (C=O) groups excluding carboxylic acids is 2. The summed E-state index contributed by atoms with van der Waals surface area (Å²) < 4.78 is 11.2. The molecule has 2 aliphatic heterocycles. The van der Waals surface area contributed by atoms with Gasteiger partial charge >= 0.3 is 0 Å². The van der Waals surface area contributed by atoms with E-state index in [1.54, 1.807) is 0 Å². The predicted molar refractivity (Wildman–Crippen MR) is 105 cm³/mol. The van der Waals surface area contributed by atoms with Crippen LogP contribution < -0.4 is 10.6 Å². The van der Waals surface area contributed by atoms with Crippen molar-refractivity contribution in [1.29, 1.82) is 0 Å². The lowest BCUT2D eigenvalue weighted by Gasteiger charge is -2.33. The fourth-order valence-electron chi connectivity index (χ4n) is 4.28. The summed E-state index contributed by atoms with van der Waals surface area (Å²) in [5, 5.41) is 15.7. The molecule has 0 spiro atoms. The molecule has 0 aromatic carbocycles. The average molecular weight is 395 g/mol. The first-order chi connectivity index (χ1) is 13.7. The van der Waals surface area contributed by atoms with E-state index in [1.165, 1.54) is 32.1 Å². The highest BCUT2D eigenvalue weighted by atomic mass is 16.5. The number of rotatable bonds is 7. The number of ether oxygens (including phenoxy) is 2. The molecule has 2 amide bonds. The Kier molecular flexibility index (Phi) is 8.30. The van der Waals surface area contributed by atoms with E-state index in [2.05, 4.69) is 10.6 Å². The molecule has 1 saturated carbocycles. The van der Waals surface area contributed by atoms with Crippen LogP contribution in [0.5, 0.6) is 0 Å². The van der Waals surface area contributed by atoms with Gasteiger partial charge in [0.05, 0.1) is 25.2 Å². The minimum absolute atomic E-state index is 0.0244. The molecule has 28 heavy (non-hydrogen) atoms. The summed E-state index contributed by atoms with van der Waals surface area (Å²) in [4.78, 5) is 24.7. The van der Waals surface area contributed by atoms with E-state index in [0.29, 0.717) is 19.1 Å². The van der Waals surface area contributed by atoms with Crippen LogP contribution in [-0.2, 0) is 19.1 Å². The van der Waals surface area contributed by atoms with Crippen molar-refractivity contribution in [2.24, 2.45) is 11.8 Å². The summed E-state index contributed by atoms with van der Waals surface area (Å²) in [7, 11) is 0. The number of amides is 2. The zero-order valence-electron chi connectivity index (χ0n) is 16.6. The monoisotopic (exact) mass is 394 g/mol. The van der Waals surface area contributed by atoms with Crippen LogP contribution in [0.4, 0.5) is 0 Å². The van der Waals surface area contributed by atoms with Crippen LogP contribution >= 0.6 is 0 Å². The highest BCUT2D eigenvalue weighted by molar-refractivity contribution is 5.79. The van der Waals surface area contributed by atoms with Crippen LogP contribution in [0.1, 0.15) is 51.4 Å². The molecule has 0 aromatic heterocycles. The van der Waals surface area contributed by atoms with Crippen LogP contribution in [0.2, 0.25) is 0 Å². The van der Waals surface area contributed by atoms with E-state index in [0.717, 1.165) is 19.4 Å². The molecule has 3 atom stereocenters. The number of aliphatic hydroxyl groups is 1. The Labute approximate surface area is 167 Å². The summed E-state index contributed by atoms with van der Waals surface area (Å²) in [6.07, 6.45) is 10.6. The molecule has 3 rings (SSSR count). The zero-order valence-corrected chi connectivity index (χ0v) is 16.6. The van der Waals surface area contributed by atoms with Crippen LogP contribution in [0, 0.1) is 11.8 Å². The molecule has 158 valence electrons. The van der Waals surface area contributed by atoms with E-state index in [4.69, 9.17) is 9.47 Å². The molecule has 0 radical (unpaired) electrons. The molecule has 1 saturated heterocycles. The quantitative estimate of drug-likeness (QED) is 0.566. The highest BCUT2D eigenvalue weighted by Crippen LogP contribution is 2.23. The van der Waals surface area contributed by atoms with Crippen LogP contribution in [0.25, 0.3) is 0 Å². The summed E-state index contributed by atoms with van der Waals surface area (Å²) in [6.45, 7) is 1.75. The maximum absolute atomic E-state index is 12.4. The van der Waals surface area contributed by atoms with Crippen molar-refractivity contribution in [2.75, 3.05) is 26.4 Å². The van der Waals surface area contributed by atoms with Crippen LogP contribution in [-0.4, -0.2) is 61.5 Å². The van der Waals surface area contributed by atoms with Gasteiger partial charge in [0.15, 0.2) is 0 Å². The molecule has 0 unspecified atom stereocenters. The molecule has 0 aromatic rings. The van der Waals surface area contributed by atoms with Crippen LogP contribution in [0.3, 0.4) is 0 Å². The lowest BCUT2D eigenvalue weighted by Crippen LogP contribution is -2.51. The zero-order chi connectivity index (χ0) is 19.8. The second-order valence-electron chi connectivity index (χ2n) is 8.21. The first kappa shape index (κ1) is 21.3. The van der Waals surface area contributed by atoms with Gasteiger partial charge in [0.25, 0.3) is 0 Å². The minimum atomic E-state index is -0.537. The van der Waals surface area contributed by atoms with Gasteiger partial charge in [-0.05, 0) is 31.6 Å². The summed E-state index contributed by atoms with van der Waals surface area (Å²) in [5.41, 5.74) is 0. The van der Waals surface area contributed by atoms with Gasteiger partial charge in [-0.15, -0.1) is 0 Å². The van der Waals surface area contributed by atoms with Gasteiger partial charge in [0, 0.05) is 25.7 Å². The van der Waals surface area contributed by atoms with Crippen molar-refractivity contribution in [3.8, 4) is 0 Å². The first-order valence-corrected chi connectivity index (χ1v) is 10.7. The number of hydrogen-bond donors (Lipinski definition) is 3. The van der Waals surface area contributed by atoms with Gasteiger partial charge in [0.2, 0.25) is 11.8 Å². The maximum Gasteiger partial charge on any atom is 0.223 e. The predicted octanol–water partition coefficient (Wildman–Crippen LogP) is 1.30. The van der Waals surface area contributed by atoms with E-state index >= 15 is 0 Å². The Hall–Kier alpha value is -1.44. The topological polar surface area (TPSA) is 96.9 Å². The van der Waals surface area contributed by atoms with E-state index in [1.807, 2.05) is 12.2 Å². The summed E-state index contributed by atoms with van der Waals surface area (Å²) >= 11 is 0. The lowest BCUT2D eigenvalue weighted by molar-refractivity contribution is -0.132. The van der Waals surface area contributed by atoms with Gasteiger partial charge < -0.3 is 25.2 Å². The van der Waals surface area contributed by atoms with Crippen molar-refractivity contribution in [3.05, 3.63) is 12.2 Å². The van der Waals surface area contributed by atoms with E-state index in [9.17, 15) is 14.7 Å². The van der Waals surface area contributed by atoms with Gasteiger partial charge in [-0.3, -0.25) is 9.59 Å². The Balaban J connectivity index is 1.44. The molecule has 7 heteroatoms. The Bertz CT molecular complexity index is 541. The maximum atomic E-state index is 12.4. The molecule has 7 nitrogen and oxygen atoms in total. The molecule has 3 N–H and O–H groups in total. The van der Waals surface area contributed by atoms with Crippen LogP contribution in [0.15, 0.2) is 12.2 Å². The van der Waals surface area contributed by atoms with Crippen molar-refractivity contribution in [3.63, 3.8) is 0 Å². The minimum Gasteiger partial charge on any atom is -0.394 e. The molecule has 0 bridgehead atoms. The molecular weight excluding hydrogens is 360 g/mol.